The van der Waals surface area contributed by atoms with Gasteiger partial charge in [-0.2, -0.15) is 0 Å². The van der Waals surface area contributed by atoms with Crippen molar-refractivity contribution in [1.82, 2.24) is 0 Å². The predicted molar refractivity (Wildman–Crippen MR) is 89.4 cm³/mol. The molecule has 0 saturated carbocycles. The molecule has 0 aromatic heterocycles. The summed E-state index contributed by atoms with van der Waals surface area (Å²) in [5, 5.41) is 18.3. The molecule has 0 aliphatic heterocycles. The fourth-order valence-electron chi connectivity index (χ4n) is 2.28. The number of nitrogens with zero attached hydrogens (tertiary/aromatic N) is 4. The Morgan fingerprint density at radius 2 is 1.13 bits per heavy atom. The highest BCUT2D eigenvalue weighted by molar-refractivity contribution is 6.53. The summed E-state index contributed by atoms with van der Waals surface area (Å²) in [6, 6.07) is 3.55. The molecular weight excluding hydrogens is 378 g/mol. The first kappa shape index (κ1) is 17.2. The van der Waals surface area contributed by atoms with Crippen molar-refractivity contribution in [1.29, 1.82) is 10.5 Å². The van der Waals surface area contributed by atoms with Crippen LogP contribution in [0.5, 0.6) is 0 Å². The number of nitriles is 2. The van der Waals surface area contributed by atoms with E-state index in [9.17, 15) is 0 Å². The van der Waals surface area contributed by atoms with E-state index in [0.29, 0.717) is 0 Å². The summed E-state index contributed by atoms with van der Waals surface area (Å²) in [6.07, 6.45) is 0.00198. The molecule has 0 atom stereocenters. The Morgan fingerprint density at radius 3 is 1.39 bits per heavy atom. The first-order valence-electron chi connectivity index (χ1n) is 5.80. The highest BCUT2D eigenvalue weighted by Gasteiger charge is 2.34. The molecule has 0 unspecified atom stereocenters. The van der Waals surface area contributed by atoms with Crippen LogP contribution in [0.3, 0.4) is 0 Å². The lowest BCUT2D eigenvalue weighted by atomic mass is 10.0. The van der Waals surface area contributed by atoms with Crippen LogP contribution in [-0.2, 0) is 0 Å². The van der Waals surface area contributed by atoms with Crippen molar-refractivity contribution >= 4 is 57.5 Å². The topological polar surface area (TPSA) is 56.3 Å². The zero-order valence-corrected chi connectivity index (χ0v) is 14.0. The highest BCUT2D eigenvalue weighted by Crippen LogP contribution is 2.54. The number of hydrogen-bond acceptors (Lipinski definition) is 2. The summed E-state index contributed by atoms with van der Waals surface area (Å²) in [4.78, 5) is 6.33. The number of halogens is 4. The molecule has 110 valence electrons. The van der Waals surface area contributed by atoms with Gasteiger partial charge in [-0.25, -0.2) is 20.2 Å². The molecule has 0 fully saturated rings. The van der Waals surface area contributed by atoms with Gasteiger partial charge in [0.1, 0.15) is 0 Å². The molecule has 0 N–H and O–H groups in total. The van der Waals surface area contributed by atoms with E-state index in [0.717, 1.165) is 0 Å². The second kappa shape index (κ2) is 6.52. The van der Waals surface area contributed by atoms with E-state index in [1.54, 1.807) is 12.1 Å². The van der Waals surface area contributed by atoms with Crippen molar-refractivity contribution < 1.29 is 0 Å². The van der Waals surface area contributed by atoms with Crippen molar-refractivity contribution in [2.45, 2.75) is 6.42 Å². The van der Waals surface area contributed by atoms with Gasteiger partial charge in [0.15, 0.2) is 0 Å². The minimum atomic E-state index is -0.208. The second-order valence-electron chi connectivity index (χ2n) is 4.28. The highest BCUT2D eigenvalue weighted by atomic mass is 35.5. The van der Waals surface area contributed by atoms with E-state index in [1.807, 2.05) is 0 Å². The van der Waals surface area contributed by atoms with Crippen LogP contribution in [-0.4, -0.2) is 0 Å². The van der Waals surface area contributed by atoms with Gasteiger partial charge in [-0.1, -0.05) is 46.4 Å². The molecule has 0 heterocycles. The number of fused-ring (bicyclic) bond motifs is 1. The van der Waals surface area contributed by atoms with E-state index in [1.165, 1.54) is 0 Å². The lowest BCUT2D eigenvalue weighted by Crippen LogP contribution is -1.91. The van der Waals surface area contributed by atoms with E-state index in [-0.39, 0.29) is 60.2 Å². The Balaban J connectivity index is 3.11. The van der Waals surface area contributed by atoms with Gasteiger partial charge in [0.25, 0.3) is 11.4 Å². The van der Waals surface area contributed by atoms with Crippen LogP contribution in [0.25, 0.3) is 20.8 Å². The first-order chi connectivity index (χ1) is 10.9. The van der Waals surface area contributed by atoms with Crippen LogP contribution < -0.4 is 0 Å². The zero-order chi connectivity index (χ0) is 17.3. The molecule has 1 aromatic rings. The maximum absolute atomic E-state index is 9.14. The molecule has 8 heteroatoms. The predicted octanol–water partition coefficient (Wildman–Crippen LogP) is 6.01. The molecule has 0 spiro atoms. The van der Waals surface area contributed by atoms with Crippen molar-refractivity contribution in [3.05, 3.63) is 65.4 Å². The number of rotatable bonds is 0. The average molecular weight is 380 g/mol. The van der Waals surface area contributed by atoms with E-state index >= 15 is 0 Å². The Hall–Kier alpha value is -2.18. The summed E-state index contributed by atoms with van der Waals surface area (Å²) < 4.78 is 0. The number of benzene rings is 1. The summed E-state index contributed by atoms with van der Waals surface area (Å²) in [5.74, 6) is 0. The Labute approximate surface area is 152 Å². The molecular formula is C15H2Cl4N4. The maximum atomic E-state index is 9.14. The average Bonchev–Trinajstić information content (AvgIpc) is 2.94. The maximum Gasteiger partial charge on any atom is 0.266 e. The van der Waals surface area contributed by atoms with Gasteiger partial charge in [0.05, 0.1) is 45.4 Å². The third kappa shape index (κ3) is 2.54. The standard InChI is InChI=1S/C15H2Cl4N4/c1-22-8(4-20)6-3-7(9(5-21)23-2)11-10(6)12(16)14(18)15(19)13(11)17/h3H2/b8-6-,9-7-. The number of hydrogen-bond donors (Lipinski definition) is 0. The van der Waals surface area contributed by atoms with Gasteiger partial charge in [-0.05, 0) is 28.7 Å². The minimum Gasteiger partial charge on any atom is -0.226 e. The van der Waals surface area contributed by atoms with Crippen molar-refractivity contribution in [2.24, 2.45) is 0 Å². The van der Waals surface area contributed by atoms with Gasteiger partial charge in [0.2, 0.25) is 0 Å². The van der Waals surface area contributed by atoms with E-state index < -0.39 is 0 Å². The molecule has 4 nitrogen and oxygen atoms in total. The molecule has 2 rings (SSSR count). The lowest BCUT2D eigenvalue weighted by Gasteiger charge is -2.11. The minimum absolute atomic E-state index is 0.00198. The fourth-order valence-corrected chi connectivity index (χ4v) is 3.36. The molecule has 1 aliphatic carbocycles. The van der Waals surface area contributed by atoms with Crippen LogP contribution in [0, 0.1) is 35.8 Å². The SMILES string of the molecule is [C-]#[N+]/C(C#N)=C1/C/C(=C(\C#N)[N+]#[C-])c2c(Cl)c(Cl)c(Cl)c(Cl)c21. The second-order valence-corrected chi connectivity index (χ2v) is 5.80. The molecule has 23 heavy (non-hydrogen) atoms. The summed E-state index contributed by atoms with van der Waals surface area (Å²) >= 11 is 24.5. The van der Waals surface area contributed by atoms with Crippen molar-refractivity contribution in [2.75, 3.05) is 0 Å². The number of allylic oxidation sites excluding steroid dienone is 4. The van der Waals surface area contributed by atoms with Crippen LogP contribution >= 0.6 is 46.4 Å². The van der Waals surface area contributed by atoms with Crippen molar-refractivity contribution in [3.63, 3.8) is 0 Å². The summed E-state index contributed by atoms with van der Waals surface area (Å²) in [7, 11) is 0. The van der Waals surface area contributed by atoms with Gasteiger partial charge < -0.3 is 0 Å². The molecule has 0 radical (unpaired) electrons. The quantitative estimate of drug-likeness (QED) is 0.240. The Kier molecular flexibility index (Phi) is 4.87. The molecule has 0 saturated heterocycles. The summed E-state index contributed by atoms with van der Waals surface area (Å²) in [6.45, 7) is 14.2. The van der Waals surface area contributed by atoms with E-state index in [2.05, 4.69) is 9.69 Å². The van der Waals surface area contributed by atoms with Crippen LogP contribution in [0.1, 0.15) is 17.5 Å². The van der Waals surface area contributed by atoms with Gasteiger partial charge in [-0.15, -0.1) is 0 Å². The summed E-state index contributed by atoms with van der Waals surface area (Å²) in [5.41, 5.74) is 0.665. The van der Waals surface area contributed by atoms with Gasteiger partial charge >= 0.3 is 0 Å². The van der Waals surface area contributed by atoms with Crippen LogP contribution in [0.15, 0.2) is 11.4 Å². The molecule has 0 amide bonds. The van der Waals surface area contributed by atoms with Crippen LogP contribution in [0.4, 0.5) is 0 Å². The van der Waals surface area contributed by atoms with Gasteiger partial charge in [0, 0.05) is 0 Å². The molecule has 0 bridgehead atoms. The zero-order valence-electron chi connectivity index (χ0n) is 11.0. The molecule has 1 aliphatic rings. The fraction of sp³-hybridized carbons (Fsp3) is 0.0667. The third-order valence-electron chi connectivity index (χ3n) is 3.23. The lowest BCUT2D eigenvalue weighted by molar-refractivity contribution is 1.42. The van der Waals surface area contributed by atoms with Crippen molar-refractivity contribution in [3.8, 4) is 12.1 Å². The Bertz CT molecular complexity index is 864. The largest absolute Gasteiger partial charge is 0.266 e. The van der Waals surface area contributed by atoms with Crippen LogP contribution in [0.2, 0.25) is 20.1 Å². The first-order valence-corrected chi connectivity index (χ1v) is 7.32. The van der Waals surface area contributed by atoms with E-state index in [4.69, 9.17) is 70.1 Å². The normalized spacial score (nSPS) is 16.5. The third-order valence-corrected chi connectivity index (χ3v) is 5.03. The Morgan fingerprint density at radius 1 is 0.783 bits per heavy atom. The van der Waals surface area contributed by atoms with Gasteiger partial charge in [-0.3, -0.25) is 0 Å². The smallest absolute Gasteiger partial charge is 0.226 e. The molecule has 1 aromatic carbocycles. The monoisotopic (exact) mass is 378 g/mol.